The van der Waals surface area contributed by atoms with Crippen molar-refractivity contribution in [1.29, 1.82) is 5.26 Å². The highest BCUT2D eigenvalue weighted by molar-refractivity contribution is 6.30. The number of pyridine rings is 1. The first-order chi connectivity index (χ1) is 16.9. The predicted molar refractivity (Wildman–Crippen MR) is 135 cm³/mol. The van der Waals surface area contributed by atoms with E-state index in [4.69, 9.17) is 43.5 Å². The molecule has 0 spiro atoms. The number of amides is 1. The lowest BCUT2D eigenvalue weighted by molar-refractivity contribution is -0.757. The number of hydrogen-bond donors (Lipinski definition) is 3. The van der Waals surface area contributed by atoms with Crippen LogP contribution in [0.3, 0.4) is 0 Å². The standard InChI is InChI=1S/C24H32ClN7O3/c25-19-7-9-21(10-8-19)34-17-4-2-1-3-14-32(23(28)30-18-27)20-11-15-31(16-12-20)22(6-5-13-26)35-24(29)33/h7-12,15-16,22H,1-6,13-14,17,26H2,(H3-,28,29,30,33)/p+1. The molecule has 2 rings (SSSR count). The third-order valence-electron chi connectivity index (χ3n) is 5.19. The first-order valence-corrected chi connectivity index (χ1v) is 11.9. The fourth-order valence-electron chi connectivity index (χ4n) is 3.43. The molecule has 0 bridgehead atoms. The Balaban J connectivity index is 1.89. The number of nitrogens with two attached hydrogens (primary N) is 3. The number of carbonyl (C=O) groups excluding carboxylic acids is 1. The molecule has 1 heterocycles. The third kappa shape index (κ3) is 10.1. The largest absolute Gasteiger partial charge is 0.494 e. The number of aliphatic imine (C=N–C) groups is 1. The fourth-order valence-corrected chi connectivity index (χ4v) is 3.56. The van der Waals surface area contributed by atoms with Gasteiger partial charge in [-0.1, -0.05) is 24.4 Å². The molecule has 1 unspecified atom stereocenters. The molecule has 1 amide bonds. The second kappa shape index (κ2) is 15.4. The van der Waals surface area contributed by atoms with E-state index >= 15 is 0 Å². The summed E-state index contributed by atoms with van der Waals surface area (Å²) in [6.45, 7) is 1.69. The minimum Gasteiger partial charge on any atom is -0.494 e. The highest BCUT2D eigenvalue weighted by Gasteiger charge is 2.22. The van der Waals surface area contributed by atoms with Crippen LogP contribution in [-0.2, 0) is 4.74 Å². The molecule has 1 atom stereocenters. The molecule has 0 aliphatic heterocycles. The van der Waals surface area contributed by atoms with Crippen molar-refractivity contribution in [2.45, 2.75) is 44.8 Å². The Morgan fingerprint density at radius 2 is 1.77 bits per heavy atom. The zero-order valence-electron chi connectivity index (χ0n) is 19.7. The first-order valence-electron chi connectivity index (χ1n) is 11.5. The Morgan fingerprint density at radius 3 is 2.40 bits per heavy atom. The Hall–Kier alpha value is -3.55. The van der Waals surface area contributed by atoms with Crippen LogP contribution < -0.4 is 31.4 Å². The number of unbranched alkanes of at least 4 members (excludes halogenated alkanes) is 3. The summed E-state index contributed by atoms with van der Waals surface area (Å²) < 4.78 is 12.6. The van der Waals surface area contributed by atoms with Crippen LogP contribution in [0, 0.1) is 11.5 Å². The highest BCUT2D eigenvalue weighted by Crippen LogP contribution is 2.17. The van der Waals surface area contributed by atoms with Gasteiger partial charge in [-0.25, -0.2) is 4.79 Å². The van der Waals surface area contributed by atoms with E-state index in [-0.39, 0.29) is 5.96 Å². The number of anilines is 1. The van der Waals surface area contributed by atoms with Crippen molar-refractivity contribution in [2.24, 2.45) is 22.2 Å². The van der Waals surface area contributed by atoms with Crippen LogP contribution in [0.4, 0.5) is 10.5 Å². The topological polar surface area (TPSA) is 157 Å². The number of aromatic nitrogens is 1. The van der Waals surface area contributed by atoms with Crippen molar-refractivity contribution in [2.75, 3.05) is 24.6 Å². The Labute approximate surface area is 210 Å². The summed E-state index contributed by atoms with van der Waals surface area (Å²) in [5.74, 6) is 0.915. The summed E-state index contributed by atoms with van der Waals surface area (Å²) in [6.07, 6.45) is 8.77. The maximum absolute atomic E-state index is 11.3. The second-order valence-corrected chi connectivity index (χ2v) is 8.20. The van der Waals surface area contributed by atoms with E-state index < -0.39 is 12.3 Å². The van der Waals surface area contributed by atoms with Gasteiger partial charge in [0.1, 0.15) is 5.75 Å². The van der Waals surface area contributed by atoms with E-state index in [0.717, 1.165) is 37.1 Å². The average Bonchev–Trinajstić information content (AvgIpc) is 2.84. The van der Waals surface area contributed by atoms with Gasteiger partial charge >= 0.3 is 12.3 Å². The van der Waals surface area contributed by atoms with E-state index in [1.54, 1.807) is 40.2 Å². The molecular formula is C24H33ClN7O3+. The van der Waals surface area contributed by atoms with E-state index in [2.05, 4.69) is 4.99 Å². The molecule has 35 heavy (non-hydrogen) atoms. The van der Waals surface area contributed by atoms with Crippen LogP contribution in [0.15, 0.2) is 53.8 Å². The van der Waals surface area contributed by atoms with Gasteiger partial charge in [-0.05, 0) is 50.1 Å². The SMILES string of the molecule is N#CN=C(N)N(CCCCCCOc1ccc(Cl)cc1)c1cc[n+](C(CCCN)OC(N)=O)cc1. The molecule has 0 radical (unpaired) electrons. The van der Waals surface area contributed by atoms with Crippen molar-refractivity contribution < 1.29 is 18.8 Å². The Bertz CT molecular complexity index is 978. The molecule has 11 heteroatoms. The van der Waals surface area contributed by atoms with Crippen LogP contribution in [-0.4, -0.2) is 31.7 Å². The van der Waals surface area contributed by atoms with Gasteiger partial charge in [0.15, 0.2) is 12.4 Å². The van der Waals surface area contributed by atoms with Crippen LogP contribution in [0.1, 0.15) is 44.8 Å². The number of carbonyl (C=O) groups is 1. The quantitative estimate of drug-likeness (QED) is 0.118. The first kappa shape index (κ1) is 27.7. The number of rotatable bonds is 14. The number of nitriles is 1. The van der Waals surface area contributed by atoms with Crippen molar-refractivity contribution in [3.8, 4) is 11.9 Å². The molecule has 10 nitrogen and oxygen atoms in total. The lowest BCUT2D eigenvalue weighted by Crippen LogP contribution is -2.43. The van der Waals surface area contributed by atoms with E-state index in [9.17, 15) is 4.79 Å². The van der Waals surface area contributed by atoms with Crippen LogP contribution >= 0.6 is 11.6 Å². The van der Waals surface area contributed by atoms with Gasteiger partial charge in [-0.2, -0.15) is 9.83 Å². The molecule has 0 aliphatic carbocycles. The van der Waals surface area contributed by atoms with E-state index in [0.29, 0.717) is 37.6 Å². The van der Waals surface area contributed by atoms with Gasteiger partial charge in [-0.3, -0.25) is 0 Å². The summed E-state index contributed by atoms with van der Waals surface area (Å²) in [5.41, 5.74) is 17.6. The van der Waals surface area contributed by atoms with Gasteiger partial charge in [-0.15, -0.1) is 4.99 Å². The third-order valence-corrected chi connectivity index (χ3v) is 5.44. The number of benzene rings is 1. The Kier molecular flexibility index (Phi) is 12.2. The van der Waals surface area contributed by atoms with Crippen LogP contribution in [0.25, 0.3) is 0 Å². The van der Waals surface area contributed by atoms with Crippen LogP contribution in [0.2, 0.25) is 5.02 Å². The minimum atomic E-state index is -0.853. The molecule has 188 valence electrons. The molecule has 1 aromatic heterocycles. The second-order valence-electron chi connectivity index (χ2n) is 7.76. The van der Waals surface area contributed by atoms with Crippen molar-refractivity contribution in [3.05, 3.63) is 53.8 Å². The van der Waals surface area contributed by atoms with E-state index in [1.807, 2.05) is 24.3 Å². The fraction of sp³-hybridized carbons (Fsp3) is 0.417. The van der Waals surface area contributed by atoms with Gasteiger partial charge in [0.2, 0.25) is 12.2 Å². The predicted octanol–water partition coefficient (Wildman–Crippen LogP) is 3.20. The smallest absolute Gasteiger partial charge is 0.409 e. The number of nitrogens with zero attached hydrogens (tertiary/aromatic N) is 4. The summed E-state index contributed by atoms with van der Waals surface area (Å²) in [7, 11) is 0. The van der Waals surface area contributed by atoms with Crippen molar-refractivity contribution in [1.82, 2.24) is 0 Å². The molecule has 0 saturated heterocycles. The Morgan fingerprint density at radius 1 is 1.09 bits per heavy atom. The summed E-state index contributed by atoms with van der Waals surface area (Å²) >= 11 is 5.88. The molecule has 2 aromatic rings. The maximum Gasteiger partial charge on any atom is 0.409 e. The molecule has 1 aromatic carbocycles. The molecule has 0 saturated carbocycles. The van der Waals surface area contributed by atoms with Crippen LogP contribution in [0.5, 0.6) is 5.75 Å². The van der Waals surface area contributed by atoms with Gasteiger partial charge < -0.3 is 31.6 Å². The normalized spacial score (nSPS) is 12.0. The van der Waals surface area contributed by atoms with Gasteiger partial charge in [0.05, 0.1) is 18.7 Å². The molecule has 0 fully saturated rings. The number of halogens is 1. The highest BCUT2D eigenvalue weighted by atomic mass is 35.5. The zero-order valence-corrected chi connectivity index (χ0v) is 20.4. The number of hydrogen-bond acceptors (Lipinski definition) is 6. The lowest BCUT2D eigenvalue weighted by atomic mass is 10.2. The van der Waals surface area contributed by atoms with Gasteiger partial charge in [0, 0.05) is 23.7 Å². The molecule has 0 aliphatic rings. The summed E-state index contributed by atoms with van der Waals surface area (Å²) in [6, 6.07) is 10.9. The summed E-state index contributed by atoms with van der Waals surface area (Å²) in [5, 5.41) is 9.63. The van der Waals surface area contributed by atoms with E-state index in [1.165, 1.54) is 0 Å². The molecule has 6 N–H and O–H groups in total. The van der Waals surface area contributed by atoms with Crippen molar-refractivity contribution in [3.63, 3.8) is 0 Å². The van der Waals surface area contributed by atoms with Gasteiger partial charge in [0.25, 0.3) is 0 Å². The minimum absolute atomic E-state index is 0.115. The number of ether oxygens (including phenoxy) is 2. The zero-order chi connectivity index (χ0) is 25.5. The lowest BCUT2D eigenvalue weighted by Gasteiger charge is -2.22. The summed E-state index contributed by atoms with van der Waals surface area (Å²) in [4.78, 5) is 16.7. The average molecular weight is 503 g/mol. The maximum atomic E-state index is 11.3. The number of primary amides is 1. The monoisotopic (exact) mass is 502 g/mol. The van der Waals surface area contributed by atoms with Crippen molar-refractivity contribution >= 4 is 29.3 Å². The molecular weight excluding hydrogens is 470 g/mol. The number of guanidine groups is 1.